The molecule has 1 aliphatic carbocycles. The van der Waals surface area contributed by atoms with Gasteiger partial charge < -0.3 is 24.4 Å². The number of likely N-dealkylation sites (N-methyl/N-ethyl adjacent to an activating group) is 1. The predicted molar refractivity (Wildman–Crippen MR) is 159 cm³/mol. The van der Waals surface area contributed by atoms with Gasteiger partial charge in [0.15, 0.2) is 0 Å². The number of amides is 1. The molecule has 1 N–H and O–H groups in total. The van der Waals surface area contributed by atoms with Crippen molar-refractivity contribution in [2.24, 2.45) is 0 Å². The Hall–Kier alpha value is -3.79. The van der Waals surface area contributed by atoms with E-state index in [9.17, 15) is 14.4 Å². The van der Waals surface area contributed by atoms with Gasteiger partial charge in [-0.1, -0.05) is 31.4 Å². The van der Waals surface area contributed by atoms with E-state index in [1.807, 2.05) is 40.6 Å². The van der Waals surface area contributed by atoms with Gasteiger partial charge in [0.2, 0.25) is 17.3 Å². The SMILES string of the molecule is CCOC(=O)c1cn(C2CCCCC2)c2nc(Nc3ccc(C4CCN(C(=O)CN(C)C)CC4)cc3)ncc2c1=O. The molecule has 3 heterocycles. The standard InChI is InChI=1S/C31H40N6O4/c1-4-41-30(40)26-19-37(24-8-6-5-7-9-24)29-25(28(26)39)18-32-31(34-29)33-23-12-10-21(11-13-23)22-14-16-36(17-15-22)27(38)20-35(2)3/h10-13,18-19,22,24H,4-9,14-17,20H2,1-3H3,(H,32,33,34). The lowest BCUT2D eigenvalue weighted by Gasteiger charge is -2.33. The summed E-state index contributed by atoms with van der Waals surface area (Å²) in [6.07, 6.45) is 10.4. The van der Waals surface area contributed by atoms with E-state index in [-0.39, 0.29) is 24.1 Å². The summed E-state index contributed by atoms with van der Waals surface area (Å²) < 4.78 is 7.14. The number of fused-ring (bicyclic) bond motifs is 1. The van der Waals surface area contributed by atoms with Crippen LogP contribution < -0.4 is 10.7 Å². The number of piperidine rings is 1. The molecule has 0 radical (unpaired) electrons. The highest BCUT2D eigenvalue weighted by Gasteiger charge is 2.25. The lowest BCUT2D eigenvalue weighted by atomic mass is 9.89. The fourth-order valence-corrected chi connectivity index (χ4v) is 5.99. The van der Waals surface area contributed by atoms with Crippen LogP contribution in [0.5, 0.6) is 0 Å². The molecule has 2 aromatic heterocycles. The number of rotatable bonds is 8. The smallest absolute Gasteiger partial charge is 0.343 e. The second-order valence-electron chi connectivity index (χ2n) is 11.4. The van der Waals surface area contributed by atoms with Crippen molar-refractivity contribution in [2.45, 2.75) is 63.8 Å². The highest BCUT2D eigenvalue weighted by atomic mass is 16.5. The summed E-state index contributed by atoms with van der Waals surface area (Å²) in [5, 5.41) is 3.60. The van der Waals surface area contributed by atoms with Gasteiger partial charge in [0.1, 0.15) is 11.2 Å². The molecule has 5 rings (SSSR count). The van der Waals surface area contributed by atoms with Crippen molar-refractivity contribution in [2.75, 3.05) is 45.7 Å². The minimum atomic E-state index is -0.614. The van der Waals surface area contributed by atoms with Crippen molar-refractivity contribution < 1.29 is 14.3 Å². The number of carbonyl (C=O) groups is 2. The van der Waals surface area contributed by atoms with Gasteiger partial charge in [-0.15, -0.1) is 0 Å². The quantitative estimate of drug-likeness (QED) is 0.402. The average Bonchev–Trinajstić information content (AvgIpc) is 2.98. The second kappa shape index (κ2) is 12.8. The molecule has 1 amide bonds. The van der Waals surface area contributed by atoms with Crippen LogP contribution in [0.1, 0.15) is 79.8 Å². The Balaban J connectivity index is 1.34. The second-order valence-corrected chi connectivity index (χ2v) is 11.4. The van der Waals surface area contributed by atoms with Crippen LogP contribution in [-0.2, 0) is 9.53 Å². The molecule has 10 nitrogen and oxygen atoms in total. The van der Waals surface area contributed by atoms with E-state index >= 15 is 0 Å². The summed E-state index contributed by atoms with van der Waals surface area (Å²) in [5.41, 5.74) is 2.25. The molecule has 0 atom stereocenters. The topological polar surface area (TPSA) is 110 Å². The summed E-state index contributed by atoms with van der Waals surface area (Å²) in [4.78, 5) is 51.2. The molecule has 10 heteroatoms. The van der Waals surface area contributed by atoms with E-state index in [4.69, 9.17) is 9.72 Å². The molecule has 41 heavy (non-hydrogen) atoms. The van der Waals surface area contributed by atoms with Gasteiger partial charge in [-0.25, -0.2) is 9.78 Å². The van der Waals surface area contributed by atoms with Crippen LogP contribution >= 0.6 is 0 Å². The summed E-state index contributed by atoms with van der Waals surface area (Å²) in [7, 11) is 3.83. The zero-order valence-electron chi connectivity index (χ0n) is 24.3. The van der Waals surface area contributed by atoms with Crippen molar-refractivity contribution in [3.05, 3.63) is 58.0 Å². The Labute approximate surface area is 240 Å². The zero-order chi connectivity index (χ0) is 28.9. The Morgan fingerprint density at radius 3 is 2.41 bits per heavy atom. The predicted octanol–water partition coefficient (Wildman–Crippen LogP) is 4.48. The molecule has 1 aromatic carbocycles. The molecule has 2 fully saturated rings. The third kappa shape index (κ3) is 6.59. The van der Waals surface area contributed by atoms with Crippen LogP contribution in [0.2, 0.25) is 0 Å². The zero-order valence-corrected chi connectivity index (χ0v) is 24.3. The van der Waals surface area contributed by atoms with Crippen LogP contribution in [0.4, 0.5) is 11.6 Å². The first-order chi connectivity index (χ1) is 19.8. The normalized spacial score (nSPS) is 16.7. The van der Waals surface area contributed by atoms with Gasteiger partial charge in [0.05, 0.1) is 18.5 Å². The highest BCUT2D eigenvalue weighted by Crippen LogP contribution is 2.31. The van der Waals surface area contributed by atoms with Crippen LogP contribution in [0.3, 0.4) is 0 Å². The molecule has 0 bridgehead atoms. The van der Waals surface area contributed by atoms with E-state index in [0.717, 1.165) is 57.3 Å². The number of ether oxygens (including phenoxy) is 1. The largest absolute Gasteiger partial charge is 0.462 e. The monoisotopic (exact) mass is 560 g/mol. The van der Waals surface area contributed by atoms with Crippen LogP contribution in [0.15, 0.2) is 41.5 Å². The number of aromatic nitrogens is 3. The first-order valence-electron chi connectivity index (χ1n) is 14.7. The van der Waals surface area contributed by atoms with Crippen LogP contribution in [0, 0.1) is 0 Å². The summed E-state index contributed by atoms with van der Waals surface area (Å²) in [5.74, 6) is 0.389. The number of hydrogen-bond donors (Lipinski definition) is 1. The summed E-state index contributed by atoms with van der Waals surface area (Å²) in [6, 6.07) is 8.44. The van der Waals surface area contributed by atoms with Gasteiger partial charge in [-0.3, -0.25) is 9.59 Å². The van der Waals surface area contributed by atoms with Gasteiger partial charge in [0, 0.05) is 37.2 Å². The van der Waals surface area contributed by atoms with Crippen molar-refractivity contribution in [3.63, 3.8) is 0 Å². The Kier molecular flexibility index (Phi) is 8.97. The molecule has 0 spiro atoms. The van der Waals surface area contributed by atoms with Crippen LogP contribution in [0.25, 0.3) is 11.0 Å². The first-order valence-corrected chi connectivity index (χ1v) is 14.7. The van der Waals surface area contributed by atoms with E-state index in [1.54, 1.807) is 13.1 Å². The van der Waals surface area contributed by atoms with E-state index in [1.165, 1.54) is 18.2 Å². The number of nitrogens with one attached hydrogen (secondary N) is 1. The van der Waals surface area contributed by atoms with Crippen molar-refractivity contribution >= 4 is 34.5 Å². The summed E-state index contributed by atoms with van der Waals surface area (Å²) in [6.45, 7) is 3.94. The molecular weight excluding hydrogens is 520 g/mol. The summed E-state index contributed by atoms with van der Waals surface area (Å²) >= 11 is 0. The van der Waals surface area contributed by atoms with Crippen molar-refractivity contribution in [3.8, 4) is 0 Å². The van der Waals surface area contributed by atoms with Crippen LogP contribution in [-0.4, -0.2) is 76.5 Å². The van der Waals surface area contributed by atoms with Crippen molar-refractivity contribution in [1.29, 1.82) is 0 Å². The highest BCUT2D eigenvalue weighted by molar-refractivity contribution is 5.93. The first kappa shape index (κ1) is 28.7. The molecule has 2 aliphatic rings. The third-order valence-corrected chi connectivity index (χ3v) is 8.17. The Bertz CT molecular complexity index is 1440. The Morgan fingerprint density at radius 2 is 1.76 bits per heavy atom. The average molecular weight is 561 g/mol. The van der Waals surface area contributed by atoms with E-state index in [2.05, 4.69) is 22.4 Å². The molecule has 0 unspecified atom stereocenters. The van der Waals surface area contributed by atoms with Gasteiger partial charge in [-0.2, -0.15) is 4.98 Å². The lowest BCUT2D eigenvalue weighted by molar-refractivity contribution is -0.132. The number of benzene rings is 1. The van der Waals surface area contributed by atoms with Gasteiger partial charge in [-0.05, 0) is 70.3 Å². The molecule has 1 aliphatic heterocycles. The van der Waals surface area contributed by atoms with Gasteiger partial charge in [0.25, 0.3) is 0 Å². The molecular formula is C31H40N6O4. The lowest BCUT2D eigenvalue weighted by Crippen LogP contribution is -2.42. The molecule has 1 saturated carbocycles. The molecule has 218 valence electrons. The minimum absolute atomic E-state index is 0.0257. The molecule has 1 saturated heterocycles. The number of pyridine rings is 1. The number of hydrogen-bond acceptors (Lipinski definition) is 8. The van der Waals surface area contributed by atoms with E-state index in [0.29, 0.717) is 29.4 Å². The maximum atomic E-state index is 13.2. The fraction of sp³-hybridized carbons (Fsp3) is 0.516. The number of likely N-dealkylation sites (tertiary alicyclic amines) is 1. The minimum Gasteiger partial charge on any atom is -0.462 e. The van der Waals surface area contributed by atoms with Gasteiger partial charge >= 0.3 is 5.97 Å². The maximum absolute atomic E-state index is 13.2. The maximum Gasteiger partial charge on any atom is 0.343 e. The number of nitrogens with zero attached hydrogens (tertiary/aromatic N) is 5. The van der Waals surface area contributed by atoms with Crippen molar-refractivity contribution in [1.82, 2.24) is 24.3 Å². The number of esters is 1. The Morgan fingerprint density at radius 1 is 1.05 bits per heavy atom. The number of carbonyl (C=O) groups excluding carboxylic acids is 2. The van der Waals surface area contributed by atoms with E-state index < -0.39 is 11.4 Å². The third-order valence-electron chi connectivity index (χ3n) is 8.17. The molecule has 3 aromatic rings. The number of anilines is 2. The fourth-order valence-electron chi connectivity index (χ4n) is 5.99.